The van der Waals surface area contributed by atoms with Crippen molar-refractivity contribution in [2.24, 2.45) is 0 Å². The molecule has 0 aliphatic carbocycles. The third-order valence-electron chi connectivity index (χ3n) is 5.27. The lowest BCUT2D eigenvalue weighted by molar-refractivity contribution is -0.00925. The Bertz CT molecular complexity index is 945. The van der Waals surface area contributed by atoms with Gasteiger partial charge in [0.15, 0.2) is 0 Å². The Morgan fingerprint density at radius 2 is 1.93 bits per heavy atom. The predicted octanol–water partition coefficient (Wildman–Crippen LogP) is 3.44. The Balaban J connectivity index is 1.57. The Kier molecular flexibility index (Phi) is 5.80. The second-order valence-electron chi connectivity index (χ2n) is 7.73. The molecule has 0 bridgehead atoms. The molecule has 1 saturated heterocycles. The summed E-state index contributed by atoms with van der Waals surface area (Å²) in [6.07, 6.45) is 0. The standard InChI is InChI=1S/C22H26N4O2S/c1-22(2,25-10-12-28-13-11-25)16-23-21(27)19-15-18(20-9-6-14-29-20)24-26(19)17-7-4-3-5-8-17/h3-9,14-15H,10-13,16H2,1-2H3,(H,23,27). The first-order chi connectivity index (χ1) is 14.0. The van der Waals surface area contributed by atoms with Crippen LogP contribution in [-0.2, 0) is 4.74 Å². The molecule has 1 N–H and O–H groups in total. The Morgan fingerprint density at radius 1 is 1.17 bits per heavy atom. The number of para-hydroxylation sites is 1. The summed E-state index contributed by atoms with van der Waals surface area (Å²) in [4.78, 5) is 16.5. The second kappa shape index (κ2) is 8.49. The van der Waals surface area contributed by atoms with Gasteiger partial charge in [-0.3, -0.25) is 9.69 Å². The van der Waals surface area contributed by atoms with E-state index >= 15 is 0 Å². The molecule has 3 heterocycles. The SMILES string of the molecule is CC(C)(CNC(=O)c1cc(-c2cccs2)nn1-c1ccccc1)N1CCOCC1. The van der Waals surface area contributed by atoms with Crippen molar-refractivity contribution >= 4 is 17.2 Å². The van der Waals surface area contributed by atoms with Crippen molar-refractivity contribution in [3.63, 3.8) is 0 Å². The summed E-state index contributed by atoms with van der Waals surface area (Å²) in [5, 5.41) is 9.86. The molecule has 1 aliphatic heterocycles. The molecule has 3 aromatic rings. The van der Waals surface area contributed by atoms with Crippen molar-refractivity contribution in [3.05, 3.63) is 59.6 Å². The molecule has 29 heavy (non-hydrogen) atoms. The normalized spacial score (nSPS) is 15.4. The fourth-order valence-corrected chi connectivity index (χ4v) is 4.20. The van der Waals surface area contributed by atoms with E-state index in [0.29, 0.717) is 12.2 Å². The Hall–Kier alpha value is -2.48. The van der Waals surface area contributed by atoms with Crippen LogP contribution in [0.5, 0.6) is 0 Å². The van der Waals surface area contributed by atoms with Crippen LogP contribution < -0.4 is 5.32 Å². The molecule has 6 nitrogen and oxygen atoms in total. The van der Waals surface area contributed by atoms with Gasteiger partial charge in [-0.25, -0.2) is 4.68 Å². The van der Waals surface area contributed by atoms with Crippen molar-refractivity contribution in [2.45, 2.75) is 19.4 Å². The number of hydrogen-bond donors (Lipinski definition) is 1. The number of carbonyl (C=O) groups excluding carboxylic acids is 1. The molecule has 2 aromatic heterocycles. The number of carbonyl (C=O) groups is 1. The summed E-state index contributed by atoms with van der Waals surface area (Å²) >= 11 is 1.62. The monoisotopic (exact) mass is 410 g/mol. The highest BCUT2D eigenvalue weighted by Crippen LogP contribution is 2.26. The summed E-state index contributed by atoms with van der Waals surface area (Å²) in [6, 6.07) is 15.7. The zero-order valence-electron chi connectivity index (χ0n) is 16.8. The maximum Gasteiger partial charge on any atom is 0.270 e. The molecule has 0 atom stereocenters. The molecule has 152 valence electrons. The van der Waals surface area contributed by atoms with Crippen LogP contribution in [-0.4, -0.2) is 59.0 Å². The first kappa shape index (κ1) is 19.8. The van der Waals surface area contributed by atoms with Crippen LogP contribution in [0.25, 0.3) is 16.3 Å². The summed E-state index contributed by atoms with van der Waals surface area (Å²) in [7, 11) is 0. The molecule has 0 spiro atoms. The lowest BCUT2D eigenvalue weighted by Crippen LogP contribution is -2.55. The van der Waals surface area contributed by atoms with E-state index < -0.39 is 0 Å². The number of benzene rings is 1. The first-order valence-electron chi connectivity index (χ1n) is 9.85. The van der Waals surface area contributed by atoms with Gasteiger partial charge in [-0.1, -0.05) is 24.3 Å². The number of rotatable bonds is 6. The first-order valence-corrected chi connectivity index (χ1v) is 10.7. The fourth-order valence-electron chi connectivity index (χ4n) is 3.52. The van der Waals surface area contributed by atoms with Gasteiger partial charge in [0.1, 0.15) is 11.4 Å². The molecule has 4 rings (SSSR count). The van der Waals surface area contributed by atoms with E-state index in [4.69, 9.17) is 9.84 Å². The molecule has 0 saturated carbocycles. The van der Waals surface area contributed by atoms with Gasteiger partial charge in [-0.15, -0.1) is 11.3 Å². The molecule has 1 aromatic carbocycles. The number of nitrogens with zero attached hydrogens (tertiary/aromatic N) is 3. The minimum Gasteiger partial charge on any atom is -0.379 e. The second-order valence-corrected chi connectivity index (χ2v) is 8.68. The summed E-state index contributed by atoms with van der Waals surface area (Å²) in [5.74, 6) is -0.120. The Labute approximate surface area is 175 Å². The topological polar surface area (TPSA) is 59.4 Å². The molecule has 1 amide bonds. The fraction of sp³-hybridized carbons (Fsp3) is 0.364. The van der Waals surface area contributed by atoms with E-state index in [0.717, 1.165) is 42.6 Å². The molecule has 1 aliphatic rings. The molecule has 7 heteroatoms. The van der Waals surface area contributed by atoms with Gasteiger partial charge in [0.05, 0.1) is 23.8 Å². The summed E-state index contributed by atoms with van der Waals surface area (Å²) in [6.45, 7) is 8.11. The highest BCUT2D eigenvalue weighted by atomic mass is 32.1. The number of thiophene rings is 1. The maximum atomic E-state index is 13.1. The average molecular weight is 411 g/mol. The lowest BCUT2D eigenvalue weighted by atomic mass is 10.0. The molecular weight excluding hydrogens is 384 g/mol. The van der Waals surface area contributed by atoms with Crippen molar-refractivity contribution in [2.75, 3.05) is 32.8 Å². The van der Waals surface area contributed by atoms with Gasteiger partial charge in [-0.2, -0.15) is 5.10 Å². The van der Waals surface area contributed by atoms with Gasteiger partial charge < -0.3 is 10.1 Å². The van der Waals surface area contributed by atoms with Crippen LogP contribution in [0.15, 0.2) is 53.9 Å². The number of amides is 1. The third kappa shape index (κ3) is 4.42. The van der Waals surface area contributed by atoms with Gasteiger partial charge >= 0.3 is 0 Å². The van der Waals surface area contributed by atoms with Crippen molar-refractivity contribution in [3.8, 4) is 16.3 Å². The van der Waals surface area contributed by atoms with Gasteiger partial charge in [0.25, 0.3) is 5.91 Å². The minimum absolute atomic E-state index is 0.120. The minimum atomic E-state index is -0.145. The van der Waals surface area contributed by atoms with Crippen molar-refractivity contribution in [1.29, 1.82) is 0 Å². The molecule has 0 radical (unpaired) electrons. The smallest absolute Gasteiger partial charge is 0.270 e. The van der Waals surface area contributed by atoms with Crippen molar-refractivity contribution < 1.29 is 9.53 Å². The van der Waals surface area contributed by atoms with E-state index in [9.17, 15) is 4.79 Å². The van der Waals surface area contributed by atoms with E-state index in [2.05, 4.69) is 24.1 Å². The van der Waals surface area contributed by atoms with Crippen LogP contribution in [0.3, 0.4) is 0 Å². The molecule has 0 unspecified atom stereocenters. The number of morpholine rings is 1. The lowest BCUT2D eigenvalue weighted by Gasteiger charge is -2.40. The van der Waals surface area contributed by atoms with Crippen LogP contribution in [0.2, 0.25) is 0 Å². The quantitative estimate of drug-likeness (QED) is 0.676. The van der Waals surface area contributed by atoms with Crippen LogP contribution >= 0.6 is 11.3 Å². The number of nitrogens with one attached hydrogen (secondary N) is 1. The van der Waals surface area contributed by atoms with Crippen LogP contribution in [0.4, 0.5) is 0 Å². The summed E-state index contributed by atoms with van der Waals surface area (Å²) in [5.41, 5.74) is 2.07. The van der Waals surface area contributed by atoms with Gasteiger partial charge in [-0.05, 0) is 43.5 Å². The highest BCUT2D eigenvalue weighted by molar-refractivity contribution is 7.13. The van der Waals surface area contributed by atoms with Crippen LogP contribution in [0.1, 0.15) is 24.3 Å². The van der Waals surface area contributed by atoms with Gasteiger partial charge in [0.2, 0.25) is 0 Å². The number of ether oxygens (including phenoxy) is 1. The predicted molar refractivity (Wildman–Crippen MR) is 116 cm³/mol. The highest BCUT2D eigenvalue weighted by Gasteiger charge is 2.29. The average Bonchev–Trinajstić information content (AvgIpc) is 3.43. The maximum absolute atomic E-state index is 13.1. The van der Waals surface area contributed by atoms with Gasteiger partial charge in [0, 0.05) is 25.2 Å². The molecule has 1 fully saturated rings. The zero-order chi connectivity index (χ0) is 20.3. The zero-order valence-corrected chi connectivity index (χ0v) is 17.6. The Morgan fingerprint density at radius 3 is 2.62 bits per heavy atom. The number of hydrogen-bond acceptors (Lipinski definition) is 5. The van der Waals surface area contributed by atoms with E-state index in [-0.39, 0.29) is 11.4 Å². The third-order valence-corrected chi connectivity index (χ3v) is 6.16. The summed E-state index contributed by atoms with van der Waals surface area (Å²) < 4.78 is 7.18. The van der Waals surface area contributed by atoms with E-state index in [1.807, 2.05) is 53.9 Å². The van der Waals surface area contributed by atoms with Crippen LogP contribution in [0, 0.1) is 0 Å². The van der Waals surface area contributed by atoms with E-state index in [1.165, 1.54) is 0 Å². The van der Waals surface area contributed by atoms with Crippen molar-refractivity contribution in [1.82, 2.24) is 20.0 Å². The largest absolute Gasteiger partial charge is 0.379 e. The van der Waals surface area contributed by atoms with E-state index in [1.54, 1.807) is 16.0 Å². The molecular formula is C22H26N4O2S. The number of aromatic nitrogens is 2.